The summed E-state index contributed by atoms with van der Waals surface area (Å²) in [6.07, 6.45) is 2.72. The lowest BCUT2D eigenvalue weighted by atomic mass is 10.2. The van der Waals surface area contributed by atoms with Gasteiger partial charge in [0.15, 0.2) is 5.82 Å². The molecule has 0 aromatic carbocycles. The van der Waals surface area contributed by atoms with Crippen LogP contribution >= 0.6 is 0 Å². The van der Waals surface area contributed by atoms with Crippen LogP contribution in [0.1, 0.15) is 0 Å². The monoisotopic (exact) mass is 463 g/mol. The van der Waals surface area contributed by atoms with Gasteiger partial charge in [-0.2, -0.15) is 5.10 Å². The number of nitrogens with one attached hydrogen (secondary N) is 2. The van der Waals surface area contributed by atoms with Crippen molar-refractivity contribution in [3.63, 3.8) is 0 Å². The quantitative estimate of drug-likeness (QED) is 0.540. The first-order valence-electron chi connectivity index (χ1n) is 10.5. The van der Waals surface area contributed by atoms with Gasteiger partial charge in [0.1, 0.15) is 17.3 Å². The van der Waals surface area contributed by atoms with Crippen molar-refractivity contribution in [2.45, 2.75) is 18.1 Å². The fourth-order valence-corrected chi connectivity index (χ4v) is 4.17. The summed E-state index contributed by atoms with van der Waals surface area (Å²) in [5.41, 5.74) is -0.362. The zero-order chi connectivity index (χ0) is 23.2. The van der Waals surface area contributed by atoms with Crippen LogP contribution in [0.2, 0.25) is 0 Å². The average molecular weight is 463 g/mol. The third kappa shape index (κ3) is 4.26. The Labute approximate surface area is 185 Å². The molecule has 3 aromatic rings. The van der Waals surface area contributed by atoms with E-state index in [-0.39, 0.29) is 30.5 Å². The topological polar surface area (TPSA) is 121 Å². The van der Waals surface area contributed by atoms with E-state index >= 15 is 0 Å². The third-order valence-electron chi connectivity index (χ3n) is 5.85. The second-order valence-electron chi connectivity index (χ2n) is 8.31. The molecule has 0 saturated carbocycles. The van der Waals surface area contributed by atoms with Crippen molar-refractivity contribution in [1.82, 2.24) is 29.5 Å². The maximum atomic E-state index is 14.8. The molecule has 2 aliphatic rings. The second-order valence-corrected chi connectivity index (χ2v) is 8.31. The molecule has 2 unspecified atom stereocenters. The number of halogens is 2. The number of rotatable bonds is 5. The number of nitrogens with zero attached hydrogens (tertiary/aromatic N) is 5. The summed E-state index contributed by atoms with van der Waals surface area (Å²) in [5, 5.41) is 4.33. The zero-order valence-electron chi connectivity index (χ0n) is 17.8. The van der Waals surface area contributed by atoms with Crippen LogP contribution in [-0.2, 0) is 9.47 Å². The molecule has 33 heavy (non-hydrogen) atoms. The normalized spacial score (nSPS) is 23.4. The smallest absolute Gasteiger partial charge is 0.325 e. The molecule has 0 spiro atoms. The summed E-state index contributed by atoms with van der Waals surface area (Å²) < 4.78 is 42.2. The van der Waals surface area contributed by atoms with E-state index in [0.717, 1.165) is 6.54 Å². The van der Waals surface area contributed by atoms with Crippen molar-refractivity contribution < 1.29 is 18.3 Å². The molecule has 5 rings (SSSR count). The van der Waals surface area contributed by atoms with Crippen molar-refractivity contribution in [3.8, 4) is 11.3 Å². The molecule has 0 radical (unpaired) electrons. The van der Waals surface area contributed by atoms with Gasteiger partial charge in [-0.05, 0) is 13.1 Å². The van der Waals surface area contributed by atoms with Gasteiger partial charge >= 0.3 is 5.69 Å². The summed E-state index contributed by atoms with van der Waals surface area (Å²) in [7, 11) is 1.95. The van der Waals surface area contributed by atoms with E-state index in [0.29, 0.717) is 24.5 Å². The Bertz CT molecular complexity index is 1270. The van der Waals surface area contributed by atoms with Crippen molar-refractivity contribution in [2.75, 3.05) is 51.3 Å². The van der Waals surface area contributed by atoms with E-state index in [1.807, 2.05) is 7.05 Å². The molecule has 5 heterocycles. The molecule has 2 fully saturated rings. The number of hydrogen-bond donors (Lipinski definition) is 2. The van der Waals surface area contributed by atoms with Gasteiger partial charge in [-0.15, -0.1) is 0 Å². The van der Waals surface area contributed by atoms with Gasteiger partial charge < -0.3 is 24.3 Å². The summed E-state index contributed by atoms with van der Waals surface area (Å²) >= 11 is 0. The van der Waals surface area contributed by atoms with Crippen LogP contribution < -0.4 is 16.1 Å². The van der Waals surface area contributed by atoms with Crippen LogP contribution in [0.4, 0.5) is 14.6 Å². The SMILES string of the molecule is CN1CCOC(COC2CN(c3nccn4nc(-c5c[nH]c(=O)[nH]c5=O)cc34)CC2(F)F)C1. The first-order valence-corrected chi connectivity index (χ1v) is 10.5. The summed E-state index contributed by atoms with van der Waals surface area (Å²) in [4.78, 5) is 35.8. The van der Waals surface area contributed by atoms with Crippen LogP contribution in [0.5, 0.6) is 0 Å². The lowest BCUT2D eigenvalue weighted by Crippen LogP contribution is -2.44. The summed E-state index contributed by atoms with van der Waals surface area (Å²) in [6, 6.07) is 1.57. The molecule has 2 atom stereocenters. The number of ether oxygens (including phenoxy) is 2. The van der Waals surface area contributed by atoms with Gasteiger partial charge in [0, 0.05) is 31.7 Å². The van der Waals surface area contributed by atoms with Crippen LogP contribution in [0, 0.1) is 0 Å². The minimum atomic E-state index is -3.08. The van der Waals surface area contributed by atoms with Gasteiger partial charge in [-0.25, -0.2) is 23.1 Å². The van der Waals surface area contributed by atoms with E-state index in [2.05, 4.69) is 25.0 Å². The molecule has 2 saturated heterocycles. The van der Waals surface area contributed by atoms with Crippen molar-refractivity contribution in [2.24, 2.45) is 0 Å². The number of morpholine rings is 1. The molecular weight excluding hydrogens is 440 g/mol. The third-order valence-corrected chi connectivity index (χ3v) is 5.85. The molecule has 2 aliphatic heterocycles. The predicted octanol–water partition coefficient (Wildman–Crippen LogP) is -0.0560. The van der Waals surface area contributed by atoms with E-state index in [4.69, 9.17) is 9.47 Å². The minimum Gasteiger partial charge on any atom is -0.373 e. The molecule has 0 bridgehead atoms. The molecule has 2 N–H and O–H groups in total. The molecule has 176 valence electrons. The Hall–Kier alpha value is -3.16. The number of likely N-dealkylation sites (N-methyl/N-ethyl adjacent to an activating group) is 1. The second kappa shape index (κ2) is 8.32. The first-order chi connectivity index (χ1) is 15.8. The summed E-state index contributed by atoms with van der Waals surface area (Å²) in [5.74, 6) is -2.77. The number of aromatic amines is 2. The summed E-state index contributed by atoms with van der Waals surface area (Å²) in [6.45, 7) is 1.45. The Kier molecular flexibility index (Phi) is 5.46. The number of alkyl halides is 2. The van der Waals surface area contributed by atoms with Gasteiger partial charge in [0.2, 0.25) is 0 Å². The number of H-pyrrole nitrogens is 2. The highest BCUT2D eigenvalue weighted by molar-refractivity contribution is 5.75. The Morgan fingerprint density at radius 1 is 1.33 bits per heavy atom. The van der Waals surface area contributed by atoms with Crippen molar-refractivity contribution in [3.05, 3.63) is 45.5 Å². The first kappa shape index (κ1) is 21.7. The zero-order valence-corrected chi connectivity index (χ0v) is 17.8. The highest BCUT2D eigenvalue weighted by Crippen LogP contribution is 2.34. The van der Waals surface area contributed by atoms with E-state index in [1.165, 1.54) is 21.8 Å². The molecular formula is C20H23F2N7O4. The Morgan fingerprint density at radius 3 is 2.97 bits per heavy atom. The highest BCUT2D eigenvalue weighted by Gasteiger charge is 2.50. The number of hydrogen-bond acceptors (Lipinski definition) is 8. The van der Waals surface area contributed by atoms with Crippen molar-refractivity contribution >= 4 is 11.3 Å². The van der Waals surface area contributed by atoms with E-state index < -0.39 is 29.8 Å². The average Bonchev–Trinajstić information content (AvgIpc) is 3.32. The number of aromatic nitrogens is 5. The van der Waals surface area contributed by atoms with Crippen molar-refractivity contribution in [1.29, 1.82) is 0 Å². The lowest BCUT2D eigenvalue weighted by Gasteiger charge is -2.31. The predicted molar refractivity (Wildman–Crippen MR) is 114 cm³/mol. The van der Waals surface area contributed by atoms with Crippen LogP contribution in [-0.4, -0.2) is 94.0 Å². The van der Waals surface area contributed by atoms with Gasteiger partial charge in [0.05, 0.1) is 38.0 Å². The molecule has 0 aliphatic carbocycles. The van der Waals surface area contributed by atoms with Crippen LogP contribution in [0.25, 0.3) is 16.8 Å². The van der Waals surface area contributed by atoms with Crippen LogP contribution in [0.15, 0.2) is 34.2 Å². The molecule has 13 heteroatoms. The Morgan fingerprint density at radius 2 is 2.18 bits per heavy atom. The van der Waals surface area contributed by atoms with Gasteiger partial charge in [-0.1, -0.05) is 0 Å². The number of anilines is 1. The fraction of sp³-hybridized carbons (Fsp3) is 0.500. The van der Waals surface area contributed by atoms with Gasteiger partial charge in [-0.3, -0.25) is 9.78 Å². The minimum absolute atomic E-state index is 0.0536. The molecule has 11 nitrogen and oxygen atoms in total. The van der Waals surface area contributed by atoms with E-state index in [1.54, 1.807) is 12.3 Å². The van der Waals surface area contributed by atoms with E-state index in [9.17, 15) is 18.4 Å². The highest BCUT2D eigenvalue weighted by atomic mass is 19.3. The van der Waals surface area contributed by atoms with Crippen LogP contribution in [0.3, 0.4) is 0 Å². The number of fused-ring (bicyclic) bond motifs is 1. The fourth-order valence-electron chi connectivity index (χ4n) is 4.17. The Balaban J connectivity index is 1.38. The molecule has 0 amide bonds. The maximum Gasteiger partial charge on any atom is 0.325 e. The van der Waals surface area contributed by atoms with Gasteiger partial charge in [0.25, 0.3) is 11.5 Å². The molecule has 3 aromatic heterocycles. The largest absolute Gasteiger partial charge is 0.373 e. The maximum absolute atomic E-state index is 14.8. The standard InChI is InChI=1S/C20H23F2N7O4/c1-27-4-5-32-12(8-27)10-33-16-9-28(11-20(16,21)22)17-15-6-14(26-29(15)3-2-23-17)13-7-24-19(31)25-18(13)30/h2-3,6-7,12,16H,4-5,8-11H2,1H3,(H2,24,25,30,31). The lowest BCUT2D eigenvalue weighted by molar-refractivity contribution is -0.136.